The van der Waals surface area contributed by atoms with Crippen LogP contribution in [0.1, 0.15) is 112 Å². The number of nitrogens with zero attached hydrogens (tertiary/aromatic N) is 7. The highest BCUT2D eigenvalue weighted by Crippen LogP contribution is 2.30. The van der Waals surface area contributed by atoms with Crippen LogP contribution in [-0.2, 0) is 55.3 Å². The van der Waals surface area contributed by atoms with Crippen molar-refractivity contribution in [2.24, 2.45) is 18.4 Å². The Balaban J connectivity index is 0.668. The zero-order valence-corrected chi connectivity index (χ0v) is 48.0. The first-order valence-electron chi connectivity index (χ1n) is 27.8. The standard InChI is InChI=1S/C60H79N11O8S/c1-42-33-51(58(74)64-36-44-20-22-46(23-21-44)54-43(2)66-41-80-54)71(39-42)59(75)55(60(3,4)5)67-53(72)19-9-12-27-77-30-32-78-31-29-76-26-10-7-8-11-28-79-49-18-13-15-45(34-49)37-63-57(73)47-16-14-17-48(35-47)62-38-52-68-69-56(70(52)6)50-24-25-61-40-65-50/h13-18,20-25,34-35,40-42,51,55,62H,7-12,19,26-33,36-39H2,1-6H3,(H,63,73)(H,64,74)(H,67,72)/t42?,51-,55+/m0/s1. The summed E-state index contributed by atoms with van der Waals surface area (Å²) in [4.78, 5) is 69.2. The average molecular weight is 1110 g/mol. The number of amides is 4. The van der Waals surface area contributed by atoms with E-state index in [1.165, 1.54) is 6.33 Å². The lowest BCUT2D eigenvalue weighted by Crippen LogP contribution is -2.57. The summed E-state index contributed by atoms with van der Waals surface area (Å²) in [7, 11) is 1.89. The number of rotatable bonds is 32. The fourth-order valence-corrected chi connectivity index (χ4v) is 10.1. The first-order chi connectivity index (χ1) is 38.7. The molecule has 3 aromatic carbocycles. The fraction of sp³-hybridized carbons (Fsp3) is 0.483. The summed E-state index contributed by atoms with van der Waals surface area (Å²) < 4.78 is 25.1. The molecule has 0 radical (unpaired) electrons. The Hall–Kier alpha value is -7.13. The van der Waals surface area contributed by atoms with Crippen molar-refractivity contribution in [3.05, 3.63) is 125 Å². The predicted octanol–water partition coefficient (Wildman–Crippen LogP) is 8.49. The third-order valence-electron chi connectivity index (χ3n) is 13.8. The summed E-state index contributed by atoms with van der Waals surface area (Å²) in [6.07, 6.45) is 9.24. The van der Waals surface area contributed by atoms with Crippen LogP contribution >= 0.6 is 11.3 Å². The van der Waals surface area contributed by atoms with E-state index in [0.29, 0.717) is 109 Å². The Labute approximate surface area is 474 Å². The molecule has 0 spiro atoms. The van der Waals surface area contributed by atoms with Gasteiger partial charge in [0.05, 0.1) is 55.7 Å². The average Bonchev–Trinajstić information content (AvgIpc) is 4.20. The van der Waals surface area contributed by atoms with E-state index in [9.17, 15) is 19.2 Å². The van der Waals surface area contributed by atoms with Gasteiger partial charge in [0.1, 0.15) is 29.9 Å². The number of carbonyl (C=O) groups is 4. The van der Waals surface area contributed by atoms with E-state index in [2.05, 4.69) is 46.4 Å². The predicted molar refractivity (Wildman–Crippen MR) is 308 cm³/mol. The van der Waals surface area contributed by atoms with E-state index in [1.54, 1.807) is 34.6 Å². The van der Waals surface area contributed by atoms with E-state index in [1.807, 2.05) is 118 Å². The molecule has 1 aliphatic rings. The Bertz CT molecular complexity index is 2890. The van der Waals surface area contributed by atoms with Gasteiger partial charge in [-0.05, 0) is 110 Å². The molecule has 1 saturated heterocycles. The molecule has 1 unspecified atom stereocenters. The van der Waals surface area contributed by atoms with Crippen LogP contribution in [0.5, 0.6) is 5.75 Å². The minimum absolute atomic E-state index is 0.153. The third kappa shape index (κ3) is 18.7. The zero-order valence-electron chi connectivity index (χ0n) is 47.2. The van der Waals surface area contributed by atoms with Crippen molar-refractivity contribution in [1.29, 1.82) is 0 Å². The molecule has 1 fully saturated rings. The Kier molecular flexibility index (Phi) is 23.5. The van der Waals surface area contributed by atoms with Crippen molar-refractivity contribution in [2.45, 2.75) is 118 Å². The molecule has 19 nitrogen and oxygen atoms in total. The summed E-state index contributed by atoms with van der Waals surface area (Å²) in [6.45, 7) is 15.1. The van der Waals surface area contributed by atoms with Gasteiger partial charge in [-0.1, -0.05) is 76.6 Å². The quantitative estimate of drug-likeness (QED) is 0.0291. The lowest BCUT2D eigenvalue weighted by Gasteiger charge is -2.35. The van der Waals surface area contributed by atoms with Gasteiger partial charge in [-0.25, -0.2) is 15.0 Å². The number of hydrogen-bond acceptors (Lipinski definition) is 15. The topological polar surface area (TPSA) is 226 Å². The summed E-state index contributed by atoms with van der Waals surface area (Å²) in [5, 5.41) is 21.0. The molecule has 0 saturated carbocycles. The van der Waals surface area contributed by atoms with E-state index >= 15 is 0 Å². The van der Waals surface area contributed by atoms with Gasteiger partial charge in [-0.15, -0.1) is 21.5 Å². The van der Waals surface area contributed by atoms with Gasteiger partial charge in [0.15, 0.2) is 11.6 Å². The molecule has 0 bridgehead atoms. The van der Waals surface area contributed by atoms with E-state index in [4.69, 9.17) is 18.9 Å². The van der Waals surface area contributed by atoms with Gasteiger partial charge in [-0.2, -0.15) is 0 Å². The molecule has 7 rings (SSSR count). The van der Waals surface area contributed by atoms with Crippen LogP contribution in [0.15, 0.2) is 96.9 Å². The molecule has 4 amide bonds. The fourth-order valence-electron chi connectivity index (χ4n) is 9.27. The lowest BCUT2D eigenvalue weighted by molar-refractivity contribution is -0.144. The van der Waals surface area contributed by atoms with Crippen LogP contribution in [0.25, 0.3) is 22.0 Å². The van der Waals surface area contributed by atoms with Crippen molar-refractivity contribution >= 4 is 40.7 Å². The van der Waals surface area contributed by atoms with Crippen LogP contribution in [-0.4, -0.2) is 123 Å². The number of anilines is 1. The van der Waals surface area contributed by atoms with E-state index in [-0.39, 0.29) is 36.0 Å². The summed E-state index contributed by atoms with van der Waals surface area (Å²) in [6, 6.07) is 23.6. The Morgan fingerprint density at radius 1 is 0.762 bits per heavy atom. The molecule has 0 aliphatic carbocycles. The minimum Gasteiger partial charge on any atom is -0.494 e. The first kappa shape index (κ1) is 60.5. The SMILES string of the molecule is Cc1ncsc1-c1ccc(CNC(=O)[C@@H]2CC(C)CN2C(=O)[C@@H](NC(=O)CCCCOCCOCCOCCCCCCOc2cccc(CNC(=O)c3cccc(NCc4nnc(-c5ccncn5)n4C)c3)c2)C(C)(C)C)cc1. The van der Waals surface area contributed by atoms with Gasteiger partial charge in [-0.3, -0.25) is 19.2 Å². The van der Waals surface area contributed by atoms with Crippen LogP contribution in [0.4, 0.5) is 5.69 Å². The van der Waals surface area contributed by atoms with Gasteiger partial charge < -0.3 is 49.7 Å². The summed E-state index contributed by atoms with van der Waals surface area (Å²) in [5.41, 5.74) is 7.30. The smallest absolute Gasteiger partial charge is 0.251 e. The number of nitrogens with one attached hydrogen (secondary N) is 4. The highest BCUT2D eigenvalue weighted by Gasteiger charge is 2.43. The second-order valence-electron chi connectivity index (χ2n) is 21.3. The second kappa shape index (κ2) is 31.0. The van der Waals surface area contributed by atoms with Crippen molar-refractivity contribution in [2.75, 3.05) is 58.1 Å². The van der Waals surface area contributed by atoms with E-state index < -0.39 is 17.5 Å². The van der Waals surface area contributed by atoms with Crippen LogP contribution in [0.2, 0.25) is 0 Å². The molecular weight excluding hydrogens is 1030 g/mol. The molecule has 80 heavy (non-hydrogen) atoms. The maximum absolute atomic E-state index is 14.1. The number of unbranched alkanes of at least 4 members (excludes halogenated alkanes) is 4. The third-order valence-corrected chi connectivity index (χ3v) is 14.8. The van der Waals surface area contributed by atoms with Crippen LogP contribution in [0.3, 0.4) is 0 Å². The van der Waals surface area contributed by atoms with Crippen LogP contribution in [0, 0.1) is 18.3 Å². The Morgan fingerprint density at radius 3 is 2.19 bits per heavy atom. The van der Waals surface area contributed by atoms with Gasteiger partial charge >= 0.3 is 0 Å². The number of carbonyl (C=O) groups excluding carboxylic acids is 4. The number of hydrogen-bond donors (Lipinski definition) is 4. The lowest BCUT2D eigenvalue weighted by atomic mass is 9.85. The molecule has 4 N–H and O–H groups in total. The second-order valence-corrected chi connectivity index (χ2v) is 22.2. The van der Waals surface area contributed by atoms with Crippen molar-refractivity contribution in [3.8, 4) is 27.7 Å². The van der Waals surface area contributed by atoms with Crippen molar-refractivity contribution < 1.29 is 38.1 Å². The largest absolute Gasteiger partial charge is 0.494 e. The molecule has 428 valence electrons. The number of aromatic nitrogens is 6. The molecule has 3 aromatic heterocycles. The number of aryl methyl sites for hydroxylation is 1. The Morgan fingerprint density at radius 2 is 1.48 bits per heavy atom. The van der Waals surface area contributed by atoms with Gasteiger partial charge in [0, 0.05) is 63.8 Å². The highest BCUT2D eigenvalue weighted by molar-refractivity contribution is 7.13. The molecule has 3 atom stereocenters. The van der Waals surface area contributed by atoms with Gasteiger partial charge in [0.25, 0.3) is 5.91 Å². The zero-order chi connectivity index (χ0) is 56.7. The molecule has 1 aliphatic heterocycles. The normalized spacial score (nSPS) is 14.7. The van der Waals surface area contributed by atoms with Crippen molar-refractivity contribution in [1.82, 2.24) is 50.6 Å². The maximum Gasteiger partial charge on any atom is 0.251 e. The molecule has 6 aromatic rings. The van der Waals surface area contributed by atoms with E-state index in [0.717, 1.165) is 70.2 Å². The number of likely N-dealkylation sites (tertiary alicyclic amines) is 1. The summed E-state index contributed by atoms with van der Waals surface area (Å²) >= 11 is 1.60. The minimum atomic E-state index is -0.772. The van der Waals surface area contributed by atoms with Gasteiger partial charge in [0.2, 0.25) is 17.7 Å². The molecule has 4 heterocycles. The first-order valence-corrected chi connectivity index (χ1v) is 28.7. The van der Waals surface area contributed by atoms with Crippen molar-refractivity contribution in [3.63, 3.8) is 0 Å². The molecular formula is C60H79N11O8S. The van der Waals surface area contributed by atoms with Crippen LogP contribution < -0.4 is 26.0 Å². The molecule has 20 heteroatoms. The highest BCUT2D eigenvalue weighted by atomic mass is 32.1. The number of benzene rings is 3. The monoisotopic (exact) mass is 1110 g/mol. The maximum atomic E-state index is 14.1. The number of ether oxygens (including phenoxy) is 4. The number of thiazole rings is 1. The summed E-state index contributed by atoms with van der Waals surface area (Å²) in [5.74, 6) is 1.51.